The summed E-state index contributed by atoms with van der Waals surface area (Å²) in [6.45, 7) is 7.58. The van der Waals surface area contributed by atoms with E-state index in [1.807, 2.05) is 12.1 Å². The third kappa shape index (κ3) is 3.02. The second-order valence-corrected chi connectivity index (χ2v) is 6.73. The van der Waals surface area contributed by atoms with Gasteiger partial charge in [-0.25, -0.2) is 0 Å². The van der Waals surface area contributed by atoms with E-state index in [4.69, 9.17) is 27.9 Å². The second kappa shape index (κ2) is 5.68. The van der Waals surface area contributed by atoms with Crippen molar-refractivity contribution in [3.05, 3.63) is 32.2 Å². The fourth-order valence-electron chi connectivity index (χ4n) is 2.08. The van der Waals surface area contributed by atoms with E-state index in [0.29, 0.717) is 10.0 Å². The van der Waals surface area contributed by atoms with Crippen molar-refractivity contribution in [3.63, 3.8) is 0 Å². The highest BCUT2D eigenvalue weighted by Crippen LogP contribution is 2.34. The molecule has 0 aromatic heterocycles. The Balaban J connectivity index is 2.21. The van der Waals surface area contributed by atoms with E-state index in [-0.39, 0.29) is 5.54 Å². The smallest absolute Gasteiger partial charge is 0.0737 e. The highest BCUT2D eigenvalue weighted by Gasteiger charge is 2.30. The van der Waals surface area contributed by atoms with Crippen molar-refractivity contribution in [1.29, 1.82) is 0 Å². The van der Waals surface area contributed by atoms with Crippen LogP contribution in [0.3, 0.4) is 0 Å². The maximum absolute atomic E-state index is 6.29. The van der Waals surface area contributed by atoms with Crippen molar-refractivity contribution in [2.24, 2.45) is 0 Å². The van der Waals surface area contributed by atoms with Gasteiger partial charge >= 0.3 is 0 Å². The fraction of sp³-hybridized carbons (Fsp3) is 0.538. The molecular formula is C13H16BrCl2NO. The summed E-state index contributed by atoms with van der Waals surface area (Å²) in [5, 5.41) is 1.22. The molecule has 0 unspecified atom stereocenters. The molecule has 0 atom stereocenters. The predicted octanol–water partition coefficient (Wildman–Crippen LogP) is 4.37. The normalized spacial score (nSPS) is 20.1. The Morgan fingerprint density at radius 3 is 2.72 bits per heavy atom. The van der Waals surface area contributed by atoms with Crippen molar-refractivity contribution in [3.8, 4) is 0 Å². The van der Waals surface area contributed by atoms with E-state index >= 15 is 0 Å². The van der Waals surface area contributed by atoms with Crippen LogP contribution < -0.4 is 0 Å². The summed E-state index contributed by atoms with van der Waals surface area (Å²) in [4.78, 5) is 2.38. The Morgan fingerprint density at radius 2 is 2.06 bits per heavy atom. The molecule has 5 heteroatoms. The molecule has 0 radical (unpaired) electrons. The van der Waals surface area contributed by atoms with Gasteiger partial charge in [0.25, 0.3) is 0 Å². The molecule has 0 N–H and O–H groups in total. The minimum absolute atomic E-state index is 0.0289. The van der Waals surface area contributed by atoms with Crippen LogP contribution in [0.2, 0.25) is 10.0 Å². The van der Waals surface area contributed by atoms with E-state index in [1.165, 1.54) is 0 Å². The summed E-state index contributed by atoms with van der Waals surface area (Å²) in [6.07, 6.45) is 0. The summed E-state index contributed by atoms with van der Waals surface area (Å²) in [5.74, 6) is 0. The predicted molar refractivity (Wildman–Crippen MR) is 79.5 cm³/mol. The molecule has 1 aromatic rings. The van der Waals surface area contributed by atoms with Crippen LogP contribution >= 0.6 is 39.1 Å². The monoisotopic (exact) mass is 351 g/mol. The number of rotatable bonds is 2. The Morgan fingerprint density at radius 1 is 1.33 bits per heavy atom. The Labute approximate surface area is 126 Å². The standard InChI is InChI=1S/C13H16BrCl2NO/c1-13(2)8-18-6-5-17(13)7-9-3-4-10(14)12(16)11(9)15/h3-4H,5-8H2,1-2H3. The van der Waals surface area contributed by atoms with Crippen LogP contribution in [0, 0.1) is 0 Å². The van der Waals surface area contributed by atoms with Gasteiger partial charge in [0.2, 0.25) is 0 Å². The minimum Gasteiger partial charge on any atom is -0.378 e. The molecule has 1 fully saturated rings. The average molecular weight is 353 g/mol. The third-order valence-corrected chi connectivity index (χ3v) is 5.10. The van der Waals surface area contributed by atoms with Gasteiger partial charge in [0, 0.05) is 23.1 Å². The van der Waals surface area contributed by atoms with Crippen LogP contribution in [-0.2, 0) is 11.3 Å². The van der Waals surface area contributed by atoms with E-state index < -0.39 is 0 Å². The molecule has 1 aliphatic rings. The first kappa shape index (κ1) is 14.6. The number of hydrogen-bond acceptors (Lipinski definition) is 2. The maximum atomic E-state index is 6.29. The SMILES string of the molecule is CC1(C)COCCN1Cc1ccc(Br)c(Cl)c1Cl. The van der Waals surface area contributed by atoms with Gasteiger partial charge in [0.1, 0.15) is 0 Å². The van der Waals surface area contributed by atoms with Crippen molar-refractivity contribution in [2.45, 2.75) is 25.9 Å². The lowest BCUT2D eigenvalue weighted by Crippen LogP contribution is -2.52. The molecule has 100 valence electrons. The average Bonchev–Trinajstić information content (AvgIpc) is 2.32. The lowest BCUT2D eigenvalue weighted by atomic mass is 10.0. The molecule has 0 bridgehead atoms. The highest BCUT2D eigenvalue weighted by molar-refractivity contribution is 9.10. The Hall–Kier alpha value is 0.200. The van der Waals surface area contributed by atoms with Crippen LogP contribution in [-0.4, -0.2) is 30.2 Å². The van der Waals surface area contributed by atoms with Crippen LogP contribution in [0.15, 0.2) is 16.6 Å². The largest absolute Gasteiger partial charge is 0.378 e. The van der Waals surface area contributed by atoms with Crippen LogP contribution in [0.25, 0.3) is 0 Å². The Bertz CT molecular complexity index is 451. The lowest BCUT2D eigenvalue weighted by Gasteiger charge is -2.42. The number of morpholine rings is 1. The molecule has 0 spiro atoms. The molecular weight excluding hydrogens is 337 g/mol. The summed E-state index contributed by atoms with van der Waals surface area (Å²) >= 11 is 15.8. The second-order valence-electron chi connectivity index (χ2n) is 5.12. The number of ether oxygens (including phenoxy) is 1. The van der Waals surface area contributed by atoms with E-state index in [0.717, 1.165) is 36.3 Å². The maximum Gasteiger partial charge on any atom is 0.0737 e. The Kier molecular flexibility index (Phi) is 4.61. The number of benzene rings is 1. The van der Waals surface area contributed by atoms with Gasteiger partial charge in [-0.1, -0.05) is 29.3 Å². The van der Waals surface area contributed by atoms with E-state index in [9.17, 15) is 0 Å². The molecule has 1 aliphatic heterocycles. The third-order valence-electron chi connectivity index (χ3n) is 3.29. The fourth-order valence-corrected chi connectivity index (χ4v) is 2.93. The summed E-state index contributed by atoms with van der Waals surface area (Å²) < 4.78 is 6.35. The first-order valence-electron chi connectivity index (χ1n) is 5.87. The van der Waals surface area contributed by atoms with Gasteiger partial charge in [-0.15, -0.1) is 0 Å². The minimum atomic E-state index is 0.0289. The number of nitrogens with zero attached hydrogens (tertiary/aromatic N) is 1. The molecule has 2 nitrogen and oxygen atoms in total. The van der Waals surface area contributed by atoms with Gasteiger partial charge in [-0.2, -0.15) is 0 Å². The van der Waals surface area contributed by atoms with Crippen molar-refractivity contribution in [2.75, 3.05) is 19.8 Å². The van der Waals surface area contributed by atoms with Crippen molar-refractivity contribution < 1.29 is 4.74 Å². The van der Waals surface area contributed by atoms with Gasteiger partial charge in [0.15, 0.2) is 0 Å². The van der Waals surface area contributed by atoms with Crippen LogP contribution in [0.4, 0.5) is 0 Å². The van der Waals surface area contributed by atoms with Gasteiger partial charge in [0.05, 0.1) is 23.3 Å². The van der Waals surface area contributed by atoms with Gasteiger partial charge in [-0.3, -0.25) is 4.90 Å². The van der Waals surface area contributed by atoms with Gasteiger partial charge in [-0.05, 0) is 41.4 Å². The molecule has 0 saturated carbocycles. The zero-order valence-corrected chi connectivity index (χ0v) is 13.6. The molecule has 0 amide bonds. The van der Waals surface area contributed by atoms with Crippen molar-refractivity contribution >= 4 is 39.1 Å². The topological polar surface area (TPSA) is 12.5 Å². The summed E-state index contributed by atoms with van der Waals surface area (Å²) in [5.41, 5.74) is 1.08. The zero-order valence-electron chi connectivity index (χ0n) is 10.5. The molecule has 2 rings (SSSR count). The molecule has 1 heterocycles. The number of hydrogen-bond donors (Lipinski definition) is 0. The first-order valence-corrected chi connectivity index (χ1v) is 7.42. The molecule has 1 aromatic carbocycles. The zero-order chi connectivity index (χ0) is 13.3. The van der Waals surface area contributed by atoms with E-state index in [1.54, 1.807) is 0 Å². The first-order chi connectivity index (χ1) is 8.42. The van der Waals surface area contributed by atoms with Crippen LogP contribution in [0.5, 0.6) is 0 Å². The van der Waals surface area contributed by atoms with Crippen LogP contribution in [0.1, 0.15) is 19.4 Å². The van der Waals surface area contributed by atoms with Gasteiger partial charge < -0.3 is 4.74 Å². The number of halogens is 3. The highest BCUT2D eigenvalue weighted by atomic mass is 79.9. The molecule has 1 saturated heterocycles. The quantitative estimate of drug-likeness (QED) is 0.733. The van der Waals surface area contributed by atoms with Crippen molar-refractivity contribution in [1.82, 2.24) is 4.90 Å². The lowest BCUT2D eigenvalue weighted by molar-refractivity contribution is -0.0552. The summed E-state index contributed by atoms with van der Waals surface area (Å²) in [6, 6.07) is 3.96. The molecule has 18 heavy (non-hydrogen) atoms. The van der Waals surface area contributed by atoms with E-state index in [2.05, 4.69) is 34.7 Å². The summed E-state index contributed by atoms with van der Waals surface area (Å²) in [7, 11) is 0. The molecule has 0 aliphatic carbocycles.